The first-order valence-corrected chi connectivity index (χ1v) is 7.35. The van der Waals surface area contributed by atoms with Crippen LogP contribution in [0.25, 0.3) is 0 Å². The van der Waals surface area contributed by atoms with Gasteiger partial charge in [0.15, 0.2) is 0 Å². The highest BCUT2D eigenvalue weighted by atomic mass is 32.1. The Hall–Kier alpha value is -1.42. The second kappa shape index (κ2) is 6.35. The molecule has 3 nitrogen and oxygen atoms in total. The molecule has 1 unspecified atom stereocenters. The normalized spacial score (nSPS) is 13.9. The fourth-order valence-corrected chi connectivity index (χ4v) is 2.28. The monoisotopic (exact) mass is 292 g/mol. The van der Waals surface area contributed by atoms with Crippen molar-refractivity contribution in [2.24, 2.45) is 11.1 Å². The van der Waals surface area contributed by atoms with Crippen LogP contribution in [-0.2, 0) is 4.79 Å². The molecule has 20 heavy (non-hydrogen) atoms. The van der Waals surface area contributed by atoms with Crippen LogP contribution in [0.3, 0.4) is 0 Å². The molecule has 0 aliphatic heterocycles. The first-order valence-electron chi connectivity index (χ1n) is 6.94. The summed E-state index contributed by atoms with van der Waals surface area (Å²) in [4.78, 5) is 12.8. The number of carbonyl (C=O) groups is 1. The summed E-state index contributed by atoms with van der Waals surface area (Å²) in [6, 6.07) is 6.04. The first kappa shape index (κ1) is 16.6. The quantitative estimate of drug-likeness (QED) is 0.812. The van der Waals surface area contributed by atoms with E-state index in [2.05, 4.69) is 19.2 Å². The van der Waals surface area contributed by atoms with Crippen molar-refractivity contribution in [3.63, 3.8) is 0 Å². The lowest BCUT2D eigenvalue weighted by atomic mass is 9.86. The molecule has 0 radical (unpaired) electrons. The van der Waals surface area contributed by atoms with E-state index in [1.807, 2.05) is 32.0 Å². The number of amides is 1. The van der Waals surface area contributed by atoms with Gasteiger partial charge in [0.1, 0.15) is 0 Å². The van der Waals surface area contributed by atoms with Crippen LogP contribution >= 0.6 is 12.2 Å². The van der Waals surface area contributed by atoms with Crippen molar-refractivity contribution in [2.75, 3.05) is 5.32 Å². The Balaban J connectivity index is 3.17. The van der Waals surface area contributed by atoms with Gasteiger partial charge in [0.05, 0.1) is 10.4 Å². The molecule has 1 atom stereocenters. The number of nitrogens with one attached hydrogen (secondary N) is 1. The van der Waals surface area contributed by atoms with Gasteiger partial charge in [0.25, 0.3) is 0 Å². The lowest BCUT2D eigenvalue weighted by Gasteiger charge is -2.27. The second-order valence-electron chi connectivity index (χ2n) is 5.70. The van der Waals surface area contributed by atoms with E-state index in [9.17, 15) is 4.79 Å². The molecule has 0 aliphatic carbocycles. The molecule has 1 amide bonds. The summed E-state index contributed by atoms with van der Waals surface area (Å²) in [6.07, 6.45) is 0.580. The molecule has 3 N–H and O–H groups in total. The second-order valence-corrected chi connectivity index (χ2v) is 6.14. The third-order valence-corrected chi connectivity index (χ3v) is 4.37. The zero-order valence-corrected chi connectivity index (χ0v) is 13.7. The number of carbonyl (C=O) groups excluding carboxylic acids is 1. The highest BCUT2D eigenvalue weighted by Crippen LogP contribution is 2.30. The third kappa shape index (κ3) is 3.18. The predicted molar refractivity (Wildman–Crippen MR) is 89.1 cm³/mol. The van der Waals surface area contributed by atoms with Crippen LogP contribution in [0.4, 0.5) is 5.69 Å². The van der Waals surface area contributed by atoms with Crippen molar-refractivity contribution in [1.82, 2.24) is 0 Å². The van der Waals surface area contributed by atoms with Gasteiger partial charge in [-0.1, -0.05) is 51.2 Å². The Kier molecular flexibility index (Phi) is 5.28. The van der Waals surface area contributed by atoms with E-state index < -0.39 is 5.41 Å². The van der Waals surface area contributed by atoms with E-state index in [0.29, 0.717) is 12.3 Å². The molecule has 4 heteroatoms. The number of anilines is 1. The number of para-hydroxylation sites is 1. The minimum absolute atomic E-state index is 0.135. The van der Waals surface area contributed by atoms with Crippen LogP contribution in [0.1, 0.15) is 51.2 Å². The first-order chi connectivity index (χ1) is 9.24. The zero-order valence-electron chi connectivity index (χ0n) is 12.9. The van der Waals surface area contributed by atoms with Crippen LogP contribution in [0.15, 0.2) is 18.2 Å². The molecule has 1 aromatic rings. The van der Waals surface area contributed by atoms with Gasteiger partial charge in [-0.05, 0) is 37.3 Å². The number of thiocarbonyl (C=S) groups is 1. The van der Waals surface area contributed by atoms with Crippen LogP contribution < -0.4 is 11.1 Å². The Bertz CT molecular complexity index is 525. The van der Waals surface area contributed by atoms with Crippen LogP contribution in [0.5, 0.6) is 0 Å². The van der Waals surface area contributed by atoms with Gasteiger partial charge in [-0.25, -0.2) is 0 Å². The molecule has 0 aromatic heterocycles. The van der Waals surface area contributed by atoms with Gasteiger partial charge in [0.2, 0.25) is 5.91 Å². The predicted octanol–water partition coefficient (Wildman–Crippen LogP) is 3.76. The summed E-state index contributed by atoms with van der Waals surface area (Å²) in [5.41, 5.74) is 7.98. The molecule has 0 heterocycles. The molecule has 0 saturated carbocycles. The van der Waals surface area contributed by atoms with Crippen molar-refractivity contribution in [2.45, 2.75) is 47.0 Å². The van der Waals surface area contributed by atoms with E-state index in [-0.39, 0.29) is 10.9 Å². The summed E-state index contributed by atoms with van der Waals surface area (Å²) in [7, 11) is 0. The summed E-state index contributed by atoms with van der Waals surface area (Å²) in [5, 5.41) is 3.03. The number of rotatable bonds is 5. The number of benzene rings is 1. The molecule has 0 aliphatic rings. The van der Waals surface area contributed by atoms with Crippen molar-refractivity contribution in [3.8, 4) is 0 Å². The van der Waals surface area contributed by atoms with E-state index >= 15 is 0 Å². The number of hydrogen-bond acceptors (Lipinski definition) is 2. The van der Waals surface area contributed by atoms with E-state index in [4.69, 9.17) is 18.0 Å². The topological polar surface area (TPSA) is 55.1 Å². The summed E-state index contributed by atoms with van der Waals surface area (Å²) in [5.74, 6) is 0.201. The Morgan fingerprint density at radius 2 is 2.05 bits per heavy atom. The number of hydrogen-bond donors (Lipinski definition) is 2. The van der Waals surface area contributed by atoms with E-state index in [1.54, 1.807) is 6.92 Å². The van der Waals surface area contributed by atoms with Crippen molar-refractivity contribution >= 4 is 28.8 Å². The highest BCUT2D eigenvalue weighted by Gasteiger charge is 2.35. The van der Waals surface area contributed by atoms with Crippen molar-refractivity contribution < 1.29 is 4.79 Å². The SMILES string of the molecule is CCC(C)(C(=O)Nc1c(C)cccc1C(C)C)C(N)=S. The fraction of sp³-hybridized carbons (Fsp3) is 0.500. The van der Waals surface area contributed by atoms with Gasteiger partial charge in [-0.2, -0.15) is 0 Å². The Morgan fingerprint density at radius 1 is 1.45 bits per heavy atom. The lowest BCUT2D eigenvalue weighted by Crippen LogP contribution is -2.43. The molecule has 0 fully saturated rings. The van der Waals surface area contributed by atoms with Gasteiger partial charge in [0, 0.05) is 5.69 Å². The maximum absolute atomic E-state index is 12.6. The average Bonchev–Trinajstić information content (AvgIpc) is 2.39. The Morgan fingerprint density at radius 3 is 2.50 bits per heavy atom. The van der Waals surface area contributed by atoms with Crippen LogP contribution in [0, 0.1) is 12.3 Å². The van der Waals surface area contributed by atoms with E-state index in [1.165, 1.54) is 0 Å². The highest BCUT2D eigenvalue weighted by molar-refractivity contribution is 7.80. The minimum atomic E-state index is -0.814. The average molecular weight is 292 g/mol. The molecule has 0 saturated heterocycles. The minimum Gasteiger partial charge on any atom is -0.392 e. The molecule has 1 rings (SSSR count). The van der Waals surface area contributed by atoms with Crippen molar-refractivity contribution in [3.05, 3.63) is 29.3 Å². The summed E-state index contributed by atoms with van der Waals surface area (Å²) < 4.78 is 0. The standard InChI is InChI=1S/C16H24N2OS/c1-6-16(5,14(17)20)15(19)18-13-11(4)8-7-9-12(13)10(2)3/h7-10H,6H2,1-5H3,(H2,17,20)(H,18,19). The molecular formula is C16H24N2OS. The van der Waals surface area contributed by atoms with Crippen LogP contribution in [-0.4, -0.2) is 10.9 Å². The fourth-order valence-electron chi connectivity index (χ4n) is 2.04. The zero-order chi connectivity index (χ0) is 15.5. The lowest BCUT2D eigenvalue weighted by molar-refractivity contribution is -0.121. The van der Waals surface area contributed by atoms with E-state index in [0.717, 1.165) is 16.8 Å². The molecule has 1 aromatic carbocycles. The molecule has 110 valence electrons. The van der Waals surface area contributed by atoms with Gasteiger partial charge in [-0.3, -0.25) is 4.79 Å². The third-order valence-electron chi connectivity index (χ3n) is 3.92. The smallest absolute Gasteiger partial charge is 0.237 e. The van der Waals surface area contributed by atoms with Crippen molar-refractivity contribution in [1.29, 1.82) is 0 Å². The van der Waals surface area contributed by atoms with Gasteiger partial charge in [-0.15, -0.1) is 0 Å². The maximum Gasteiger partial charge on any atom is 0.237 e. The Labute approximate surface area is 126 Å². The summed E-state index contributed by atoms with van der Waals surface area (Å²) >= 11 is 5.06. The maximum atomic E-state index is 12.6. The van der Waals surface area contributed by atoms with Gasteiger partial charge >= 0.3 is 0 Å². The van der Waals surface area contributed by atoms with Gasteiger partial charge < -0.3 is 11.1 Å². The van der Waals surface area contributed by atoms with Crippen LogP contribution in [0.2, 0.25) is 0 Å². The number of nitrogens with two attached hydrogens (primary N) is 1. The number of aryl methyl sites for hydroxylation is 1. The largest absolute Gasteiger partial charge is 0.392 e. The molecule has 0 spiro atoms. The molecule has 0 bridgehead atoms. The molecular weight excluding hydrogens is 268 g/mol. The summed E-state index contributed by atoms with van der Waals surface area (Å²) in [6.45, 7) is 9.91.